The lowest BCUT2D eigenvalue weighted by molar-refractivity contribution is -0.141. The fourth-order valence-corrected chi connectivity index (χ4v) is 1.54. The van der Waals surface area contributed by atoms with Crippen LogP contribution < -0.4 is 16.5 Å². The molecule has 1 amide bonds. The van der Waals surface area contributed by atoms with Crippen molar-refractivity contribution in [1.82, 2.24) is 15.8 Å². The Labute approximate surface area is 93.9 Å². The number of carboxylic acids is 1. The lowest BCUT2D eigenvalue weighted by Gasteiger charge is -2.30. The van der Waals surface area contributed by atoms with Crippen molar-refractivity contribution in [2.45, 2.75) is 18.9 Å². The molecule has 16 heavy (non-hydrogen) atoms. The number of carbonyl (C=O) groups is 2. The Kier molecular flexibility index (Phi) is 5.17. The summed E-state index contributed by atoms with van der Waals surface area (Å²) in [6, 6.07) is -0.745. The molecule has 0 radical (unpaired) electrons. The molecule has 1 aliphatic rings. The summed E-state index contributed by atoms with van der Waals surface area (Å²) in [7, 11) is 0. The van der Waals surface area contributed by atoms with E-state index < -0.39 is 17.9 Å². The Morgan fingerprint density at radius 2 is 2.06 bits per heavy atom. The van der Waals surface area contributed by atoms with Crippen molar-refractivity contribution in [2.24, 2.45) is 5.73 Å². The number of hydrazine groups is 1. The Morgan fingerprint density at radius 3 is 2.56 bits per heavy atom. The van der Waals surface area contributed by atoms with Crippen LogP contribution in [-0.4, -0.2) is 54.2 Å². The number of hydrogen-bond donors (Lipinski definition) is 4. The number of amides is 1. The summed E-state index contributed by atoms with van der Waals surface area (Å²) in [4.78, 5) is 21.5. The van der Waals surface area contributed by atoms with Crippen molar-refractivity contribution >= 4 is 11.9 Å². The van der Waals surface area contributed by atoms with Crippen LogP contribution in [0.4, 0.5) is 0 Å². The summed E-state index contributed by atoms with van der Waals surface area (Å²) in [5.74, 6) is -1.44. The minimum atomic E-state index is -0.959. The molecule has 0 aromatic heterocycles. The number of aliphatic carboxylic acids is 1. The molecular weight excluding hydrogens is 212 g/mol. The maximum atomic E-state index is 10.9. The number of piperazine rings is 1. The molecule has 0 bridgehead atoms. The van der Waals surface area contributed by atoms with Crippen molar-refractivity contribution in [2.75, 3.05) is 26.2 Å². The van der Waals surface area contributed by atoms with E-state index in [1.165, 1.54) is 0 Å². The highest BCUT2D eigenvalue weighted by Gasteiger charge is 2.21. The number of nitrogens with zero attached hydrogens (tertiary/aromatic N) is 1. The van der Waals surface area contributed by atoms with Crippen LogP contribution >= 0.6 is 0 Å². The molecule has 7 heteroatoms. The zero-order chi connectivity index (χ0) is 12.0. The lowest BCUT2D eigenvalue weighted by Crippen LogP contribution is -2.55. The number of hydrogen-bond acceptors (Lipinski definition) is 5. The summed E-state index contributed by atoms with van der Waals surface area (Å²) in [5, 5.41) is 14.0. The fourth-order valence-electron chi connectivity index (χ4n) is 1.54. The average molecular weight is 230 g/mol. The van der Waals surface area contributed by atoms with Crippen molar-refractivity contribution in [3.8, 4) is 0 Å². The Bertz CT molecular complexity index is 253. The van der Waals surface area contributed by atoms with E-state index in [-0.39, 0.29) is 12.8 Å². The SMILES string of the molecule is NC(=O)CCC(NN1CCNCC1)C(=O)O. The first-order chi connectivity index (χ1) is 7.59. The Balaban J connectivity index is 2.37. The zero-order valence-corrected chi connectivity index (χ0v) is 9.11. The van der Waals surface area contributed by atoms with E-state index in [0.717, 1.165) is 26.2 Å². The number of rotatable bonds is 6. The maximum absolute atomic E-state index is 10.9. The summed E-state index contributed by atoms with van der Waals surface area (Å²) in [5.41, 5.74) is 7.89. The molecule has 1 atom stereocenters. The van der Waals surface area contributed by atoms with Gasteiger partial charge in [0.25, 0.3) is 0 Å². The molecule has 1 saturated heterocycles. The highest BCUT2D eigenvalue weighted by atomic mass is 16.4. The van der Waals surface area contributed by atoms with Gasteiger partial charge in [-0.25, -0.2) is 10.4 Å². The molecule has 0 aromatic rings. The molecule has 92 valence electrons. The van der Waals surface area contributed by atoms with Crippen LogP contribution in [0.1, 0.15) is 12.8 Å². The number of carboxylic acid groups (broad SMARTS) is 1. The smallest absolute Gasteiger partial charge is 0.322 e. The van der Waals surface area contributed by atoms with Crippen LogP contribution in [0.5, 0.6) is 0 Å². The van der Waals surface area contributed by atoms with E-state index in [1.54, 1.807) is 0 Å². The molecule has 1 fully saturated rings. The third-order valence-corrected chi connectivity index (χ3v) is 2.43. The zero-order valence-electron chi connectivity index (χ0n) is 9.11. The minimum Gasteiger partial charge on any atom is -0.480 e. The predicted molar refractivity (Wildman–Crippen MR) is 57.4 cm³/mol. The second-order valence-corrected chi connectivity index (χ2v) is 3.76. The van der Waals surface area contributed by atoms with Crippen LogP contribution in [0.25, 0.3) is 0 Å². The molecule has 1 heterocycles. The van der Waals surface area contributed by atoms with Crippen molar-refractivity contribution in [3.05, 3.63) is 0 Å². The number of primary amides is 1. The van der Waals surface area contributed by atoms with Gasteiger partial charge in [-0.3, -0.25) is 9.59 Å². The van der Waals surface area contributed by atoms with E-state index in [2.05, 4.69) is 10.7 Å². The monoisotopic (exact) mass is 230 g/mol. The second kappa shape index (κ2) is 6.41. The largest absolute Gasteiger partial charge is 0.480 e. The minimum absolute atomic E-state index is 0.0794. The molecule has 1 aliphatic heterocycles. The fraction of sp³-hybridized carbons (Fsp3) is 0.778. The van der Waals surface area contributed by atoms with Gasteiger partial charge in [0.2, 0.25) is 5.91 Å². The molecule has 1 unspecified atom stereocenters. The molecule has 1 rings (SSSR count). The van der Waals surface area contributed by atoms with Crippen LogP contribution in [0.2, 0.25) is 0 Å². The second-order valence-electron chi connectivity index (χ2n) is 3.76. The van der Waals surface area contributed by atoms with Gasteiger partial charge in [-0.2, -0.15) is 0 Å². The highest BCUT2D eigenvalue weighted by molar-refractivity contribution is 5.77. The molecule has 0 aliphatic carbocycles. The van der Waals surface area contributed by atoms with Gasteiger partial charge in [-0.1, -0.05) is 0 Å². The molecule has 5 N–H and O–H groups in total. The van der Waals surface area contributed by atoms with Gasteiger partial charge in [0, 0.05) is 32.6 Å². The maximum Gasteiger partial charge on any atom is 0.322 e. The third-order valence-electron chi connectivity index (χ3n) is 2.43. The van der Waals surface area contributed by atoms with Crippen LogP contribution in [0, 0.1) is 0 Å². The third kappa shape index (κ3) is 4.56. The standard InChI is InChI=1S/C9H18N4O3/c10-8(14)2-1-7(9(15)16)12-13-5-3-11-4-6-13/h7,11-12H,1-6H2,(H2,10,14)(H,15,16). The van der Waals surface area contributed by atoms with Gasteiger partial charge in [0.1, 0.15) is 6.04 Å². The number of nitrogens with two attached hydrogens (primary N) is 1. The van der Waals surface area contributed by atoms with Crippen LogP contribution in [0.15, 0.2) is 0 Å². The Morgan fingerprint density at radius 1 is 1.44 bits per heavy atom. The molecule has 0 aromatic carbocycles. The highest BCUT2D eigenvalue weighted by Crippen LogP contribution is 1.99. The topological polar surface area (TPSA) is 108 Å². The summed E-state index contributed by atoms with van der Waals surface area (Å²) >= 11 is 0. The predicted octanol–water partition coefficient (Wildman–Crippen LogP) is -1.89. The first-order valence-electron chi connectivity index (χ1n) is 5.32. The van der Waals surface area contributed by atoms with Gasteiger partial charge in [-0.05, 0) is 6.42 Å². The van der Waals surface area contributed by atoms with Crippen LogP contribution in [0.3, 0.4) is 0 Å². The van der Waals surface area contributed by atoms with E-state index in [9.17, 15) is 9.59 Å². The van der Waals surface area contributed by atoms with Crippen molar-refractivity contribution < 1.29 is 14.7 Å². The quantitative estimate of drug-likeness (QED) is 0.425. The molecule has 0 spiro atoms. The number of carbonyl (C=O) groups excluding carboxylic acids is 1. The van der Waals surface area contributed by atoms with E-state index >= 15 is 0 Å². The molecule has 0 saturated carbocycles. The Hall–Kier alpha value is -1.18. The molecule has 7 nitrogen and oxygen atoms in total. The van der Waals surface area contributed by atoms with Gasteiger partial charge in [-0.15, -0.1) is 0 Å². The lowest BCUT2D eigenvalue weighted by atomic mass is 10.1. The first-order valence-corrected chi connectivity index (χ1v) is 5.32. The number of nitrogens with one attached hydrogen (secondary N) is 2. The van der Waals surface area contributed by atoms with Gasteiger partial charge in [0.05, 0.1) is 0 Å². The molecular formula is C9H18N4O3. The van der Waals surface area contributed by atoms with Gasteiger partial charge >= 0.3 is 5.97 Å². The normalized spacial score (nSPS) is 19.2. The van der Waals surface area contributed by atoms with Crippen molar-refractivity contribution in [1.29, 1.82) is 0 Å². The van der Waals surface area contributed by atoms with E-state index in [0.29, 0.717) is 0 Å². The van der Waals surface area contributed by atoms with E-state index in [1.807, 2.05) is 5.01 Å². The van der Waals surface area contributed by atoms with Crippen LogP contribution in [-0.2, 0) is 9.59 Å². The summed E-state index contributed by atoms with van der Waals surface area (Å²) in [6.45, 7) is 3.16. The van der Waals surface area contributed by atoms with Crippen molar-refractivity contribution in [3.63, 3.8) is 0 Å². The van der Waals surface area contributed by atoms with Gasteiger partial charge < -0.3 is 16.2 Å². The van der Waals surface area contributed by atoms with Gasteiger partial charge in [0.15, 0.2) is 0 Å². The summed E-state index contributed by atoms with van der Waals surface area (Å²) < 4.78 is 0. The first kappa shape index (κ1) is 12.9. The average Bonchev–Trinajstić information content (AvgIpc) is 2.25. The summed E-state index contributed by atoms with van der Waals surface area (Å²) in [6.07, 6.45) is 0.296. The van der Waals surface area contributed by atoms with E-state index in [4.69, 9.17) is 10.8 Å².